The van der Waals surface area contributed by atoms with Crippen molar-refractivity contribution in [2.45, 2.75) is 0 Å². The van der Waals surface area contributed by atoms with Gasteiger partial charge in [0, 0.05) is 15.0 Å². The maximum Gasteiger partial charge on any atom is 0.266 e. The summed E-state index contributed by atoms with van der Waals surface area (Å²) in [6.07, 6.45) is 1.38. The lowest BCUT2D eigenvalue weighted by Gasteiger charge is -2.15. The zero-order chi connectivity index (χ0) is 15.0. The topological polar surface area (TPSA) is 37.4 Å². The quantitative estimate of drug-likeness (QED) is 0.702. The Bertz CT molecular complexity index is 749. The first kappa shape index (κ1) is 14.2. The highest BCUT2D eigenvalue weighted by atomic mass is 79.9. The second-order valence-corrected chi connectivity index (χ2v) is 6.36. The summed E-state index contributed by atoms with van der Waals surface area (Å²) in [5.41, 5.74) is 1.69. The molecular formula is C16H9Br2NO2. The molecule has 3 rings (SSSR count). The van der Waals surface area contributed by atoms with Gasteiger partial charge in [-0.3, -0.25) is 9.59 Å². The maximum absolute atomic E-state index is 12.5. The van der Waals surface area contributed by atoms with E-state index < -0.39 is 0 Å². The third-order valence-corrected chi connectivity index (χ3v) is 4.03. The van der Waals surface area contributed by atoms with Gasteiger partial charge in [0.1, 0.15) is 0 Å². The molecule has 0 unspecified atom stereocenters. The second-order valence-electron chi connectivity index (χ2n) is 4.53. The fourth-order valence-electron chi connectivity index (χ4n) is 2.21. The molecule has 2 aromatic rings. The Morgan fingerprint density at radius 3 is 2.10 bits per heavy atom. The van der Waals surface area contributed by atoms with E-state index in [1.165, 1.54) is 11.0 Å². The molecule has 0 spiro atoms. The Hall–Kier alpha value is -1.72. The molecule has 0 atom stereocenters. The summed E-state index contributed by atoms with van der Waals surface area (Å²) in [6, 6.07) is 14.5. The number of hydrogen-bond acceptors (Lipinski definition) is 2. The predicted octanol–water partition coefficient (Wildman–Crippen LogP) is 4.17. The number of nitrogens with zero attached hydrogens (tertiary/aromatic N) is 1. The molecule has 0 saturated heterocycles. The average molecular weight is 407 g/mol. The van der Waals surface area contributed by atoms with Gasteiger partial charge >= 0.3 is 0 Å². The molecule has 1 aliphatic rings. The van der Waals surface area contributed by atoms with Crippen molar-refractivity contribution in [3.63, 3.8) is 0 Å². The molecule has 2 amide bonds. The molecular weight excluding hydrogens is 398 g/mol. The highest BCUT2D eigenvalue weighted by Crippen LogP contribution is 2.32. The van der Waals surface area contributed by atoms with Crippen LogP contribution in [-0.4, -0.2) is 11.8 Å². The number of amides is 2. The SMILES string of the molecule is O=C1C=C(c2ccccc2)C(=O)N1c1cc(Br)cc(Br)c1. The van der Waals surface area contributed by atoms with Gasteiger partial charge in [-0.1, -0.05) is 62.2 Å². The van der Waals surface area contributed by atoms with Gasteiger partial charge in [-0.2, -0.15) is 0 Å². The maximum atomic E-state index is 12.5. The molecule has 1 heterocycles. The van der Waals surface area contributed by atoms with Crippen LogP contribution < -0.4 is 4.90 Å². The number of imide groups is 1. The highest BCUT2D eigenvalue weighted by Gasteiger charge is 2.33. The number of halogens is 2. The number of carbonyl (C=O) groups is 2. The van der Waals surface area contributed by atoms with Crippen molar-refractivity contribution in [1.29, 1.82) is 0 Å². The highest BCUT2D eigenvalue weighted by molar-refractivity contribution is 9.11. The van der Waals surface area contributed by atoms with Gasteiger partial charge in [0.05, 0.1) is 11.3 Å². The van der Waals surface area contributed by atoms with E-state index in [0.717, 1.165) is 14.5 Å². The second kappa shape index (κ2) is 5.58. The zero-order valence-electron chi connectivity index (χ0n) is 10.7. The lowest BCUT2D eigenvalue weighted by molar-refractivity contribution is -0.119. The number of benzene rings is 2. The molecule has 5 heteroatoms. The summed E-state index contributed by atoms with van der Waals surface area (Å²) in [4.78, 5) is 25.9. The Morgan fingerprint density at radius 2 is 1.48 bits per heavy atom. The third-order valence-electron chi connectivity index (χ3n) is 3.11. The molecule has 21 heavy (non-hydrogen) atoms. The van der Waals surface area contributed by atoms with Crippen molar-refractivity contribution in [2.75, 3.05) is 4.90 Å². The zero-order valence-corrected chi connectivity index (χ0v) is 13.9. The van der Waals surface area contributed by atoms with E-state index in [4.69, 9.17) is 0 Å². The largest absolute Gasteiger partial charge is 0.269 e. The molecule has 0 radical (unpaired) electrons. The molecule has 0 aliphatic carbocycles. The summed E-state index contributed by atoms with van der Waals surface area (Å²) in [6.45, 7) is 0. The van der Waals surface area contributed by atoms with Crippen LogP contribution in [0.1, 0.15) is 5.56 Å². The third kappa shape index (κ3) is 2.71. The molecule has 0 fully saturated rings. The smallest absolute Gasteiger partial charge is 0.266 e. The Kier molecular flexibility index (Phi) is 3.78. The van der Waals surface area contributed by atoms with Crippen molar-refractivity contribution in [3.8, 4) is 0 Å². The van der Waals surface area contributed by atoms with Crippen molar-refractivity contribution >= 4 is 54.9 Å². The molecule has 0 N–H and O–H groups in total. The number of hydrogen-bond donors (Lipinski definition) is 0. The number of rotatable bonds is 2. The molecule has 1 aliphatic heterocycles. The average Bonchev–Trinajstić information content (AvgIpc) is 2.74. The molecule has 0 saturated carbocycles. The van der Waals surface area contributed by atoms with Crippen LogP contribution in [0.3, 0.4) is 0 Å². The van der Waals surface area contributed by atoms with Gasteiger partial charge < -0.3 is 0 Å². The van der Waals surface area contributed by atoms with E-state index in [9.17, 15) is 9.59 Å². The first-order chi connectivity index (χ1) is 10.1. The van der Waals surface area contributed by atoms with Gasteiger partial charge in [-0.05, 0) is 23.8 Å². The normalized spacial score (nSPS) is 14.6. The molecule has 2 aromatic carbocycles. The van der Waals surface area contributed by atoms with Gasteiger partial charge in [0.25, 0.3) is 11.8 Å². The fraction of sp³-hybridized carbons (Fsp3) is 0. The van der Waals surface area contributed by atoms with E-state index in [1.54, 1.807) is 12.1 Å². The van der Waals surface area contributed by atoms with Crippen LogP contribution in [0.5, 0.6) is 0 Å². The van der Waals surface area contributed by atoms with E-state index in [0.29, 0.717) is 11.3 Å². The molecule has 3 nitrogen and oxygen atoms in total. The summed E-state index contributed by atoms with van der Waals surface area (Å²) in [5.74, 6) is -0.639. The van der Waals surface area contributed by atoms with Crippen molar-refractivity contribution in [1.82, 2.24) is 0 Å². The lowest BCUT2D eigenvalue weighted by atomic mass is 10.1. The summed E-state index contributed by atoms with van der Waals surface area (Å²) < 4.78 is 1.58. The Labute approximate surface area is 138 Å². The minimum atomic E-state index is -0.330. The van der Waals surface area contributed by atoms with Crippen LogP contribution in [0.25, 0.3) is 5.57 Å². The minimum absolute atomic E-state index is 0.309. The van der Waals surface area contributed by atoms with Crippen molar-refractivity contribution in [2.24, 2.45) is 0 Å². The Balaban J connectivity index is 2.01. The molecule has 0 aromatic heterocycles. The van der Waals surface area contributed by atoms with Crippen LogP contribution in [0, 0.1) is 0 Å². The summed E-state index contributed by atoms with van der Waals surface area (Å²) in [7, 11) is 0. The first-order valence-corrected chi connectivity index (χ1v) is 7.76. The number of carbonyl (C=O) groups excluding carboxylic acids is 2. The fourth-order valence-corrected chi connectivity index (χ4v) is 3.48. The van der Waals surface area contributed by atoms with Crippen molar-refractivity contribution in [3.05, 3.63) is 69.1 Å². The van der Waals surface area contributed by atoms with Crippen LogP contribution in [-0.2, 0) is 9.59 Å². The summed E-state index contributed by atoms with van der Waals surface area (Å²) in [5, 5.41) is 0. The Morgan fingerprint density at radius 1 is 0.857 bits per heavy atom. The first-order valence-electron chi connectivity index (χ1n) is 6.18. The van der Waals surface area contributed by atoms with Gasteiger partial charge in [-0.15, -0.1) is 0 Å². The minimum Gasteiger partial charge on any atom is -0.269 e. The predicted molar refractivity (Wildman–Crippen MR) is 88.8 cm³/mol. The summed E-state index contributed by atoms with van der Waals surface area (Å²) >= 11 is 6.73. The van der Waals surface area contributed by atoms with E-state index in [-0.39, 0.29) is 11.8 Å². The molecule has 104 valence electrons. The van der Waals surface area contributed by atoms with Crippen molar-refractivity contribution < 1.29 is 9.59 Å². The standard InChI is InChI=1S/C16H9Br2NO2/c17-11-6-12(18)8-13(7-11)19-15(20)9-14(16(19)21)10-4-2-1-3-5-10/h1-9H. The van der Waals surface area contributed by atoms with Crippen LogP contribution >= 0.6 is 31.9 Å². The molecule has 0 bridgehead atoms. The van der Waals surface area contributed by atoms with Crippen LogP contribution in [0.2, 0.25) is 0 Å². The van der Waals surface area contributed by atoms with Gasteiger partial charge in [0.15, 0.2) is 0 Å². The lowest BCUT2D eigenvalue weighted by Crippen LogP contribution is -2.30. The van der Waals surface area contributed by atoms with Gasteiger partial charge in [-0.25, -0.2) is 4.90 Å². The monoisotopic (exact) mass is 405 g/mol. The number of anilines is 1. The van der Waals surface area contributed by atoms with E-state index >= 15 is 0 Å². The van der Waals surface area contributed by atoms with Crippen LogP contribution in [0.4, 0.5) is 5.69 Å². The van der Waals surface area contributed by atoms with Gasteiger partial charge in [0.2, 0.25) is 0 Å². The van der Waals surface area contributed by atoms with Crippen LogP contribution in [0.15, 0.2) is 63.6 Å². The van der Waals surface area contributed by atoms with E-state index in [1.807, 2.05) is 36.4 Å². The van der Waals surface area contributed by atoms with E-state index in [2.05, 4.69) is 31.9 Å².